The number of piperidine rings is 1. The van der Waals surface area contributed by atoms with Gasteiger partial charge in [-0.2, -0.15) is 0 Å². The normalized spacial score (nSPS) is 35.2. The number of hydrogen-bond acceptors (Lipinski definition) is 4. The van der Waals surface area contributed by atoms with E-state index in [1.807, 2.05) is 24.3 Å². The second kappa shape index (κ2) is 11.0. The van der Waals surface area contributed by atoms with Crippen LogP contribution in [0.3, 0.4) is 0 Å². The largest absolute Gasteiger partial charge is 0.549 e. The molecule has 7 atom stereocenters. The Morgan fingerprint density at radius 3 is 2.45 bits per heavy atom. The van der Waals surface area contributed by atoms with Gasteiger partial charge < -0.3 is 20.1 Å². The minimum Gasteiger partial charge on any atom is -0.549 e. The van der Waals surface area contributed by atoms with E-state index in [2.05, 4.69) is 30.1 Å². The van der Waals surface area contributed by atoms with Crippen molar-refractivity contribution in [1.82, 2.24) is 5.32 Å². The summed E-state index contributed by atoms with van der Waals surface area (Å²) in [6.45, 7) is 6.08. The molecule has 38 heavy (non-hydrogen) atoms. The van der Waals surface area contributed by atoms with Crippen LogP contribution in [0.15, 0.2) is 35.9 Å². The van der Waals surface area contributed by atoms with Crippen LogP contribution in [-0.4, -0.2) is 42.3 Å². The molecule has 0 aromatic heterocycles. The number of hydrogen-bond donors (Lipinski definition) is 1. The lowest BCUT2D eigenvalue weighted by atomic mass is 9.47. The highest BCUT2D eigenvalue weighted by Crippen LogP contribution is 2.62. The average Bonchev–Trinajstić information content (AvgIpc) is 2.88. The van der Waals surface area contributed by atoms with Crippen molar-refractivity contribution in [2.45, 2.75) is 76.7 Å². The van der Waals surface area contributed by atoms with E-state index < -0.39 is 11.9 Å². The molecule has 3 aliphatic carbocycles. The molecule has 5 rings (SSSR count). The zero-order chi connectivity index (χ0) is 27.1. The fraction of sp³-hybridized carbons (Fsp3) is 0.677. The van der Waals surface area contributed by atoms with Crippen LogP contribution in [-0.2, 0) is 9.59 Å². The molecule has 1 saturated heterocycles. The highest BCUT2D eigenvalue weighted by molar-refractivity contribution is 6.18. The van der Waals surface area contributed by atoms with E-state index in [9.17, 15) is 14.7 Å². The minimum absolute atomic E-state index is 0.0336. The zero-order valence-electron chi connectivity index (χ0n) is 22.7. The molecule has 5 nitrogen and oxygen atoms in total. The number of amides is 1. The summed E-state index contributed by atoms with van der Waals surface area (Å²) in [7, 11) is 0. The van der Waals surface area contributed by atoms with Crippen molar-refractivity contribution in [3.05, 3.63) is 41.5 Å². The standard InChI is InChI=1S/C31H42Cl2N2O3/c1-30-13-11-21(28(29(37)38)20-3-6-23(7-4-20)35(17-15-32)18-16-33)19-22(30)5-8-24-25(30)12-14-31(2)26(24)9-10-27(36)34-31/h3-7,21,24-26,28H,8-19H2,1-2H3,(H,34,36)(H,37,38)/p-1/t21-,24+,25-,26-,28?,30-,31-/m0/s1. The predicted molar refractivity (Wildman–Crippen MR) is 151 cm³/mol. The van der Waals surface area contributed by atoms with Gasteiger partial charge in [0.1, 0.15) is 0 Å². The molecule has 0 bridgehead atoms. The summed E-state index contributed by atoms with van der Waals surface area (Å²) in [5, 5.41) is 15.8. The lowest BCUT2D eigenvalue weighted by Crippen LogP contribution is -2.62. The highest BCUT2D eigenvalue weighted by Gasteiger charge is 2.56. The van der Waals surface area contributed by atoms with Crippen molar-refractivity contribution < 1.29 is 14.7 Å². The Bertz CT molecular complexity index is 1070. The molecular formula is C31H41Cl2N2O3-. The molecular weight excluding hydrogens is 519 g/mol. The Balaban J connectivity index is 1.35. The number of carboxylic acids is 1. The van der Waals surface area contributed by atoms with E-state index in [4.69, 9.17) is 23.2 Å². The number of carboxylic acid groups (broad SMARTS) is 1. The van der Waals surface area contributed by atoms with Gasteiger partial charge >= 0.3 is 0 Å². The van der Waals surface area contributed by atoms with Crippen molar-refractivity contribution >= 4 is 40.8 Å². The lowest BCUT2D eigenvalue weighted by molar-refractivity contribution is -0.309. The van der Waals surface area contributed by atoms with Gasteiger partial charge in [0.15, 0.2) is 0 Å². The topological polar surface area (TPSA) is 72.5 Å². The molecule has 1 aromatic carbocycles. The van der Waals surface area contributed by atoms with Crippen molar-refractivity contribution in [2.24, 2.45) is 29.1 Å². The molecule has 7 heteroatoms. The van der Waals surface area contributed by atoms with Gasteiger partial charge in [0.25, 0.3) is 0 Å². The predicted octanol–water partition coefficient (Wildman–Crippen LogP) is 5.25. The fourth-order valence-electron chi connectivity index (χ4n) is 8.72. The molecule has 1 aromatic rings. The van der Waals surface area contributed by atoms with Crippen LogP contribution in [0.5, 0.6) is 0 Å². The van der Waals surface area contributed by atoms with Gasteiger partial charge in [-0.1, -0.05) is 30.7 Å². The average molecular weight is 561 g/mol. The van der Waals surface area contributed by atoms with Gasteiger partial charge in [-0.25, -0.2) is 0 Å². The number of alkyl halides is 2. The SMILES string of the molecule is C[C@]12CC[C@H](C(C(=O)[O-])c3ccc(N(CCCl)CCCl)cc3)CC1=CC[C@@H]1[C@@H]2CC[C@]2(C)NC(=O)CC[C@@H]12. The van der Waals surface area contributed by atoms with Crippen LogP contribution < -0.4 is 15.3 Å². The minimum atomic E-state index is -0.981. The first-order valence-electron chi connectivity index (χ1n) is 14.4. The van der Waals surface area contributed by atoms with Crippen LogP contribution in [0.1, 0.15) is 76.7 Å². The number of aliphatic carboxylic acids is 1. The number of nitrogens with zero attached hydrogens (tertiary/aromatic N) is 1. The molecule has 1 unspecified atom stereocenters. The zero-order valence-corrected chi connectivity index (χ0v) is 24.2. The van der Waals surface area contributed by atoms with Crippen LogP contribution in [0.2, 0.25) is 0 Å². The molecule has 0 spiro atoms. The summed E-state index contributed by atoms with van der Waals surface area (Å²) >= 11 is 11.9. The number of halogens is 2. The summed E-state index contributed by atoms with van der Waals surface area (Å²) in [6, 6.07) is 7.88. The quantitative estimate of drug-likeness (QED) is 0.348. The summed E-state index contributed by atoms with van der Waals surface area (Å²) < 4.78 is 0. The van der Waals surface area contributed by atoms with Crippen LogP contribution in [0.25, 0.3) is 0 Å². The van der Waals surface area contributed by atoms with Crippen LogP contribution >= 0.6 is 23.2 Å². The monoisotopic (exact) mass is 559 g/mol. The van der Waals surface area contributed by atoms with Crippen molar-refractivity contribution in [3.63, 3.8) is 0 Å². The second-order valence-electron chi connectivity index (χ2n) is 12.6. The highest BCUT2D eigenvalue weighted by atomic mass is 35.5. The number of allylic oxidation sites excluding steroid dienone is 2. The molecule has 1 heterocycles. The van der Waals surface area contributed by atoms with E-state index in [1.165, 1.54) is 5.57 Å². The van der Waals surface area contributed by atoms with Crippen LogP contribution in [0.4, 0.5) is 5.69 Å². The molecule has 1 amide bonds. The van der Waals surface area contributed by atoms with Gasteiger partial charge in [-0.05, 0) is 98.7 Å². The Morgan fingerprint density at radius 2 is 1.79 bits per heavy atom. The number of rotatable bonds is 8. The smallest absolute Gasteiger partial charge is 0.220 e. The van der Waals surface area contributed by atoms with E-state index in [0.29, 0.717) is 49.0 Å². The Labute approximate surface area is 237 Å². The van der Waals surface area contributed by atoms with Crippen molar-refractivity contribution in [2.75, 3.05) is 29.7 Å². The third kappa shape index (κ3) is 4.98. The molecule has 2 saturated carbocycles. The fourth-order valence-corrected chi connectivity index (χ4v) is 9.12. The van der Waals surface area contributed by atoms with Crippen molar-refractivity contribution in [3.8, 4) is 0 Å². The number of carbonyl (C=O) groups excluding carboxylic acids is 2. The number of carbonyl (C=O) groups is 2. The third-order valence-electron chi connectivity index (χ3n) is 10.7. The number of benzene rings is 1. The molecule has 1 aliphatic heterocycles. The summed E-state index contributed by atoms with van der Waals surface area (Å²) in [6.07, 6.45) is 10.0. The first-order valence-corrected chi connectivity index (χ1v) is 15.5. The first kappa shape index (κ1) is 27.8. The molecule has 0 radical (unpaired) electrons. The van der Waals surface area contributed by atoms with E-state index in [-0.39, 0.29) is 22.8 Å². The van der Waals surface area contributed by atoms with Gasteiger partial charge in [0, 0.05) is 54.4 Å². The Kier molecular flexibility index (Phi) is 8.09. The first-order chi connectivity index (χ1) is 18.2. The lowest BCUT2D eigenvalue weighted by Gasteiger charge is -2.60. The molecule has 208 valence electrons. The maximum atomic E-state index is 12.5. The van der Waals surface area contributed by atoms with E-state index >= 15 is 0 Å². The summed E-state index contributed by atoms with van der Waals surface area (Å²) in [5.74, 6) is 1.37. The number of fused-ring (bicyclic) bond motifs is 5. The van der Waals surface area contributed by atoms with Crippen molar-refractivity contribution in [1.29, 1.82) is 0 Å². The summed E-state index contributed by atoms with van der Waals surface area (Å²) in [4.78, 5) is 26.8. The van der Waals surface area contributed by atoms with Gasteiger partial charge in [0.05, 0.1) is 0 Å². The maximum Gasteiger partial charge on any atom is 0.220 e. The Hall–Kier alpha value is -1.72. The Morgan fingerprint density at radius 1 is 1.08 bits per heavy atom. The molecule has 1 N–H and O–H groups in total. The second-order valence-corrected chi connectivity index (χ2v) is 13.3. The van der Waals surface area contributed by atoms with Gasteiger partial charge in [-0.3, -0.25) is 4.79 Å². The number of anilines is 1. The van der Waals surface area contributed by atoms with E-state index in [1.54, 1.807) is 0 Å². The third-order valence-corrected chi connectivity index (χ3v) is 11.0. The van der Waals surface area contributed by atoms with E-state index in [0.717, 1.165) is 56.2 Å². The van der Waals surface area contributed by atoms with Crippen LogP contribution in [0, 0.1) is 29.1 Å². The molecule has 4 aliphatic rings. The molecule has 3 fully saturated rings. The summed E-state index contributed by atoms with van der Waals surface area (Å²) in [5.41, 5.74) is 3.32. The van der Waals surface area contributed by atoms with Gasteiger partial charge in [-0.15, -0.1) is 23.2 Å². The number of nitrogens with one attached hydrogen (secondary N) is 1. The maximum absolute atomic E-state index is 12.5. The van der Waals surface area contributed by atoms with Gasteiger partial charge in [0.2, 0.25) is 5.91 Å².